The molecule has 2 aliphatic rings. The Morgan fingerprint density at radius 1 is 1.36 bits per heavy atom. The van der Waals surface area contributed by atoms with E-state index in [1.807, 2.05) is 22.8 Å². The molecular formula is C16H20N4O2. The molecule has 116 valence electrons. The fourth-order valence-corrected chi connectivity index (χ4v) is 3.79. The maximum absolute atomic E-state index is 12.6. The second kappa shape index (κ2) is 5.28. The lowest BCUT2D eigenvalue weighted by atomic mass is 10.1. The molecule has 0 unspecified atom stereocenters. The Hall–Kier alpha value is -2.08. The molecule has 2 atom stereocenters. The molecule has 2 saturated heterocycles. The molecule has 22 heavy (non-hydrogen) atoms. The highest BCUT2D eigenvalue weighted by molar-refractivity contribution is 5.92. The van der Waals surface area contributed by atoms with Gasteiger partial charge in [0.25, 0.3) is 5.91 Å². The summed E-state index contributed by atoms with van der Waals surface area (Å²) in [6.07, 6.45) is 7.71. The lowest BCUT2D eigenvalue weighted by Crippen LogP contribution is -2.55. The Labute approximate surface area is 129 Å². The minimum Gasteiger partial charge on any atom is -0.459 e. The van der Waals surface area contributed by atoms with Gasteiger partial charge in [0.05, 0.1) is 12.5 Å². The molecule has 0 radical (unpaired) electrons. The zero-order valence-electron chi connectivity index (χ0n) is 12.7. The molecule has 2 fully saturated rings. The fourth-order valence-electron chi connectivity index (χ4n) is 3.79. The summed E-state index contributed by atoms with van der Waals surface area (Å²) < 4.78 is 7.12. The van der Waals surface area contributed by atoms with E-state index in [-0.39, 0.29) is 5.91 Å². The highest BCUT2D eigenvalue weighted by atomic mass is 16.3. The minimum absolute atomic E-state index is 0.0403. The van der Waals surface area contributed by atoms with Crippen LogP contribution in [0.25, 0.3) is 0 Å². The van der Waals surface area contributed by atoms with Crippen LogP contribution in [0.15, 0.2) is 35.2 Å². The molecule has 2 aromatic rings. The predicted octanol–water partition coefficient (Wildman–Crippen LogP) is 1.50. The van der Waals surface area contributed by atoms with Crippen LogP contribution in [-0.2, 0) is 13.6 Å². The second-order valence-corrected chi connectivity index (χ2v) is 6.29. The number of hydrogen-bond donors (Lipinski definition) is 0. The summed E-state index contributed by atoms with van der Waals surface area (Å²) in [5.41, 5.74) is 1.23. The minimum atomic E-state index is 0.0403. The number of hydrogen-bond acceptors (Lipinski definition) is 4. The van der Waals surface area contributed by atoms with Gasteiger partial charge in [0.15, 0.2) is 5.76 Å². The van der Waals surface area contributed by atoms with Crippen molar-refractivity contribution < 1.29 is 9.21 Å². The van der Waals surface area contributed by atoms with E-state index in [9.17, 15) is 4.79 Å². The topological polar surface area (TPSA) is 54.5 Å². The first-order valence-electron chi connectivity index (χ1n) is 7.77. The van der Waals surface area contributed by atoms with Gasteiger partial charge in [-0.25, -0.2) is 0 Å². The average Bonchev–Trinajstić information content (AvgIpc) is 3.20. The first-order chi connectivity index (χ1) is 10.7. The lowest BCUT2D eigenvalue weighted by molar-refractivity contribution is 0.0377. The molecule has 0 N–H and O–H groups in total. The monoisotopic (exact) mass is 300 g/mol. The Kier molecular flexibility index (Phi) is 3.26. The molecule has 2 aliphatic heterocycles. The van der Waals surface area contributed by atoms with Crippen LogP contribution < -0.4 is 0 Å². The van der Waals surface area contributed by atoms with E-state index in [0.29, 0.717) is 17.8 Å². The quantitative estimate of drug-likeness (QED) is 0.862. The van der Waals surface area contributed by atoms with Crippen LogP contribution in [-0.4, -0.2) is 50.7 Å². The Morgan fingerprint density at radius 2 is 2.14 bits per heavy atom. The zero-order valence-corrected chi connectivity index (χ0v) is 12.7. The van der Waals surface area contributed by atoms with Crippen molar-refractivity contribution in [2.45, 2.75) is 31.5 Å². The van der Waals surface area contributed by atoms with Crippen molar-refractivity contribution in [3.63, 3.8) is 0 Å². The van der Waals surface area contributed by atoms with Gasteiger partial charge in [0.1, 0.15) is 0 Å². The van der Waals surface area contributed by atoms with E-state index in [1.54, 1.807) is 18.4 Å². The highest BCUT2D eigenvalue weighted by Crippen LogP contribution is 2.32. The molecule has 0 spiro atoms. The number of fused-ring (bicyclic) bond motifs is 2. The number of furan rings is 1. The molecular weight excluding hydrogens is 280 g/mol. The van der Waals surface area contributed by atoms with Crippen LogP contribution in [0.2, 0.25) is 0 Å². The van der Waals surface area contributed by atoms with Gasteiger partial charge >= 0.3 is 0 Å². The normalized spacial score (nSPS) is 24.9. The van der Waals surface area contributed by atoms with Gasteiger partial charge in [0.2, 0.25) is 0 Å². The number of carbonyl (C=O) groups excluding carboxylic acids is 1. The third-order valence-corrected chi connectivity index (χ3v) is 4.69. The third-order valence-electron chi connectivity index (χ3n) is 4.69. The molecule has 4 heterocycles. The van der Waals surface area contributed by atoms with Gasteiger partial charge in [-0.2, -0.15) is 5.10 Å². The number of aromatic nitrogens is 2. The Morgan fingerprint density at radius 3 is 2.73 bits per heavy atom. The van der Waals surface area contributed by atoms with Gasteiger partial charge in [-0.1, -0.05) is 0 Å². The standard InChI is InChI=1S/C16H20N4O2/c1-18-8-12(7-17-18)9-19-10-13-4-5-14(11-19)20(13)16(21)15-3-2-6-22-15/h2-3,6-8,13-14H,4-5,9-11H2,1H3/t13-,14+. The molecule has 6 heteroatoms. The van der Waals surface area contributed by atoms with Crippen LogP contribution in [0.5, 0.6) is 0 Å². The molecule has 2 bridgehead atoms. The summed E-state index contributed by atoms with van der Waals surface area (Å²) in [7, 11) is 1.94. The fraction of sp³-hybridized carbons (Fsp3) is 0.500. The second-order valence-electron chi connectivity index (χ2n) is 6.29. The largest absolute Gasteiger partial charge is 0.459 e. The number of carbonyl (C=O) groups is 1. The van der Waals surface area contributed by atoms with Gasteiger partial charge in [-0.3, -0.25) is 14.4 Å². The molecule has 2 aromatic heterocycles. The maximum Gasteiger partial charge on any atom is 0.290 e. The van der Waals surface area contributed by atoms with Gasteiger partial charge < -0.3 is 9.32 Å². The lowest BCUT2D eigenvalue weighted by Gasteiger charge is -2.40. The number of nitrogens with zero attached hydrogens (tertiary/aromatic N) is 4. The number of likely N-dealkylation sites (tertiary alicyclic amines) is 1. The summed E-state index contributed by atoms with van der Waals surface area (Å²) in [5.74, 6) is 0.496. The molecule has 6 nitrogen and oxygen atoms in total. The highest BCUT2D eigenvalue weighted by Gasteiger charge is 2.43. The molecule has 4 rings (SSSR count). The van der Waals surface area contributed by atoms with Crippen molar-refractivity contribution in [3.8, 4) is 0 Å². The van der Waals surface area contributed by atoms with Crippen molar-refractivity contribution in [2.75, 3.05) is 13.1 Å². The van der Waals surface area contributed by atoms with Crippen molar-refractivity contribution in [2.24, 2.45) is 7.05 Å². The van der Waals surface area contributed by atoms with Crippen LogP contribution in [0.1, 0.15) is 29.0 Å². The van der Waals surface area contributed by atoms with Crippen molar-refractivity contribution in [1.29, 1.82) is 0 Å². The Bertz CT molecular complexity index is 650. The smallest absolute Gasteiger partial charge is 0.290 e. The Balaban J connectivity index is 1.46. The summed E-state index contributed by atoms with van der Waals surface area (Å²) in [4.78, 5) is 17.1. The number of piperazine rings is 1. The summed E-state index contributed by atoms with van der Waals surface area (Å²) >= 11 is 0. The molecule has 0 aromatic carbocycles. The third kappa shape index (κ3) is 2.33. The van der Waals surface area contributed by atoms with Crippen LogP contribution in [0, 0.1) is 0 Å². The summed E-state index contributed by atoms with van der Waals surface area (Å²) in [5, 5.41) is 4.23. The van der Waals surface area contributed by atoms with Crippen LogP contribution >= 0.6 is 0 Å². The van der Waals surface area contributed by atoms with Gasteiger partial charge in [-0.15, -0.1) is 0 Å². The molecule has 1 amide bonds. The first kappa shape index (κ1) is 13.6. The van der Waals surface area contributed by atoms with E-state index in [2.05, 4.69) is 16.2 Å². The van der Waals surface area contributed by atoms with Crippen molar-refractivity contribution in [1.82, 2.24) is 19.6 Å². The number of aryl methyl sites for hydroxylation is 1. The van der Waals surface area contributed by atoms with Crippen molar-refractivity contribution in [3.05, 3.63) is 42.1 Å². The summed E-state index contributed by atoms with van der Waals surface area (Å²) in [6.45, 7) is 2.76. The van der Waals surface area contributed by atoms with E-state index in [0.717, 1.165) is 32.5 Å². The van der Waals surface area contributed by atoms with Crippen LogP contribution in [0.3, 0.4) is 0 Å². The van der Waals surface area contributed by atoms with Crippen LogP contribution in [0.4, 0.5) is 0 Å². The maximum atomic E-state index is 12.6. The zero-order chi connectivity index (χ0) is 15.1. The molecule has 0 aliphatic carbocycles. The van der Waals surface area contributed by atoms with Gasteiger partial charge in [0, 0.05) is 50.5 Å². The molecule has 0 saturated carbocycles. The van der Waals surface area contributed by atoms with E-state index >= 15 is 0 Å². The number of amides is 1. The first-order valence-corrected chi connectivity index (χ1v) is 7.77. The van der Waals surface area contributed by atoms with E-state index < -0.39 is 0 Å². The SMILES string of the molecule is Cn1cc(CN2C[C@H]3CC[C@@H](C2)N3C(=O)c2ccco2)cn1. The average molecular weight is 300 g/mol. The van der Waals surface area contributed by atoms with E-state index in [1.165, 1.54) is 5.56 Å². The van der Waals surface area contributed by atoms with Gasteiger partial charge in [-0.05, 0) is 25.0 Å². The number of rotatable bonds is 3. The summed E-state index contributed by atoms with van der Waals surface area (Å²) in [6, 6.07) is 4.12. The van der Waals surface area contributed by atoms with E-state index in [4.69, 9.17) is 4.42 Å². The predicted molar refractivity (Wildman–Crippen MR) is 80.2 cm³/mol. The van der Waals surface area contributed by atoms with Crippen molar-refractivity contribution >= 4 is 5.91 Å².